The summed E-state index contributed by atoms with van der Waals surface area (Å²) in [7, 11) is 1.62. The first-order valence-corrected chi connectivity index (χ1v) is 7.02. The van der Waals surface area contributed by atoms with E-state index in [1.165, 1.54) is 12.4 Å². The summed E-state index contributed by atoms with van der Waals surface area (Å²) < 4.78 is 15.4. The second kappa shape index (κ2) is 6.93. The van der Waals surface area contributed by atoms with Crippen molar-refractivity contribution in [2.24, 2.45) is 0 Å². The zero-order valence-corrected chi connectivity index (χ0v) is 12.5. The molecule has 2 aromatic rings. The van der Waals surface area contributed by atoms with Crippen molar-refractivity contribution in [1.29, 1.82) is 0 Å². The van der Waals surface area contributed by atoms with E-state index in [-0.39, 0.29) is 12.7 Å². The molecule has 1 aromatic heterocycles. The summed E-state index contributed by atoms with van der Waals surface area (Å²) >= 11 is 0. The van der Waals surface area contributed by atoms with E-state index < -0.39 is 0 Å². The molecule has 0 radical (unpaired) electrons. The minimum atomic E-state index is -0.299. The molecule has 2 N–H and O–H groups in total. The van der Waals surface area contributed by atoms with Crippen molar-refractivity contribution in [3.8, 4) is 11.5 Å². The molecule has 8 nitrogen and oxygen atoms in total. The molecule has 0 unspecified atom stereocenters. The first-order valence-electron chi connectivity index (χ1n) is 7.02. The summed E-state index contributed by atoms with van der Waals surface area (Å²) in [5.41, 5.74) is 0.974. The van der Waals surface area contributed by atoms with Crippen LogP contribution in [0.4, 0.5) is 11.6 Å². The highest BCUT2D eigenvalue weighted by Gasteiger charge is 2.15. The van der Waals surface area contributed by atoms with Crippen LogP contribution in [0.5, 0.6) is 11.5 Å². The highest BCUT2D eigenvalue weighted by atomic mass is 16.7. The van der Waals surface area contributed by atoms with Crippen molar-refractivity contribution < 1.29 is 19.0 Å². The molecule has 1 aromatic carbocycles. The molecule has 23 heavy (non-hydrogen) atoms. The molecule has 0 bridgehead atoms. The van der Waals surface area contributed by atoms with E-state index in [0.29, 0.717) is 41.8 Å². The lowest BCUT2D eigenvalue weighted by molar-refractivity contribution is 0.102. The molecule has 1 aliphatic rings. The Morgan fingerprint density at radius 1 is 1.26 bits per heavy atom. The second-order valence-corrected chi connectivity index (χ2v) is 4.74. The van der Waals surface area contributed by atoms with Crippen LogP contribution in [0.2, 0.25) is 0 Å². The smallest absolute Gasteiger partial charge is 0.258 e. The standard InChI is InChI=1S/C15H16N4O4/c1-21-5-4-16-15-17-7-10(8-18-15)14(20)19-11-2-3-12-13(6-11)23-9-22-12/h2-3,6-8H,4-5,9H2,1H3,(H,19,20)(H,16,17,18). The van der Waals surface area contributed by atoms with E-state index >= 15 is 0 Å². The molecule has 120 valence electrons. The fourth-order valence-corrected chi connectivity index (χ4v) is 1.98. The highest BCUT2D eigenvalue weighted by molar-refractivity contribution is 6.04. The van der Waals surface area contributed by atoms with Gasteiger partial charge >= 0.3 is 0 Å². The number of fused-ring (bicyclic) bond motifs is 1. The van der Waals surface area contributed by atoms with Crippen LogP contribution in [0.1, 0.15) is 10.4 Å². The first-order chi connectivity index (χ1) is 11.3. The largest absolute Gasteiger partial charge is 0.454 e. The summed E-state index contributed by atoms with van der Waals surface area (Å²) in [5.74, 6) is 1.42. The van der Waals surface area contributed by atoms with Crippen LogP contribution >= 0.6 is 0 Å². The van der Waals surface area contributed by atoms with Crippen LogP contribution in [0.25, 0.3) is 0 Å². The van der Waals surface area contributed by atoms with Gasteiger partial charge in [0.25, 0.3) is 5.91 Å². The van der Waals surface area contributed by atoms with Crippen molar-refractivity contribution in [2.75, 3.05) is 37.7 Å². The summed E-state index contributed by atoms with van der Waals surface area (Å²) in [6.45, 7) is 1.34. The fourth-order valence-electron chi connectivity index (χ4n) is 1.98. The fraction of sp³-hybridized carbons (Fsp3) is 0.267. The number of carbonyl (C=O) groups excluding carboxylic acids is 1. The maximum atomic E-state index is 12.2. The Hall–Kier alpha value is -2.87. The zero-order valence-electron chi connectivity index (χ0n) is 12.5. The number of anilines is 2. The van der Waals surface area contributed by atoms with Gasteiger partial charge in [-0.15, -0.1) is 0 Å². The first kappa shape index (κ1) is 15.0. The van der Waals surface area contributed by atoms with Gasteiger partial charge in [0, 0.05) is 37.8 Å². The highest BCUT2D eigenvalue weighted by Crippen LogP contribution is 2.34. The van der Waals surface area contributed by atoms with E-state index in [1.54, 1.807) is 25.3 Å². The van der Waals surface area contributed by atoms with Crippen LogP contribution in [-0.4, -0.2) is 42.9 Å². The molecule has 0 saturated heterocycles. The zero-order chi connectivity index (χ0) is 16.1. The van der Waals surface area contributed by atoms with Crippen molar-refractivity contribution in [1.82, 2.24) is 9.97 Å². The maximum absolute atomic E-state index is 12.2. The van der Waals surface area contributed by atoms with Crippen molar-refractivity contribution in [3.05, 3.63) is 36.2 Å². The Kier molecular flexibility index (Phi) is 4.53. The SMILES string of the molecule is COCCNc1ncc(C(=O)Nc2ccc3c(c2)OCO3)cn1. The molecular formula is C15H16N4O4. The van der Waals surface area contributed by atoms with E-state index in [4.69, 9.17) is 14.2 Å². The Balaban J connectivity index is 1.61. The quantitative estimate of drug-likeness (QED) is 0.780. The predicted octanol–water partition coefficient (Wildman–Crippen LogP) is 1.52. The third-order valence-corrected chi connectivity index (χ3v) is 3.13. The van der Waals surface area contributed by atoms with Crippen molar-refractivity contribution in [2.45, 2.75) is 0 Å². The van der Waals surface area contributed by atoms with Gasteiger partial charge in [0.05, 0.1) is 12.2 Å². The molecule has 1 aliphatic heterocycles. The van der Waals surface area contributed by atoms with Gasteiger partial charge in [-0.3, -0.25) is 4.79 Å². The monoisotopic (exact) mass is 316 g/mol. The number of aromatic nitrogens is 2. The third-order valence-electron chi connectivity index (χ3n) is 3.13. The summed E-state index contributed by atoms with van der Waals surface area (Å²) in [6, 6.07) is 5.20. The van der Waals surface area contributed by atoms with Crippen LogP contribution in [0.3, 0.4) is 0 Å². The van der Waals surface area contributed by atoms with Crippen LogP contribution in [0, 0.1) is 0 Å². The normalized spacial score (nSPS) is 12.0. The Bertz CT molecular complexity index is 690. The van der Waals surface area contributed by atoms with E-state index in [2.05, 4.69) is 20.6 Å². The van der Waals surface area contributed by atoms with Crippen LogP contribution in [0.15, 0.2) is 30.6 Å². The number of nitrogens with one attached hydrogen (secondary N) is 2. The predicted molar refractivity (Wildman–Crippen MR) is 82.9 cm³/mol. The number of methoxy groups -OCH3 is 1. The second-order valence-electron chi connectivity index (χ2n) is 4.74. The van der Waals surface area contributed by atoms with Crippen LogP contribution in [-0.2, 0) is 4.74 Å². The number of hydrogen-bond donors (Lipinski definition) is 2. The van der Waals surface area contributed by atoms with Gasteiger partial charge in [-0.2, -0.15) is 0 Å². The lowest BCUT2D eigenvalue weighted by Crippen LogP contribution is -2.14. The van der Waals surface area contributed by atoms with Gasteiger partial charge in [-0.05, 0) is 12.1 Å². The molecule has 3 rings (SSSR count). The van der Waals surface area contributed by atoms with Gasteiger partial charge < -0.3 is 24.8 Å². The molecular weight excluding hydrogens is 300 g/mol. The van der Waals surface area contributed by atoms with Crippen molar-refractivity contribution >= 4 is 17.5 Å². The summed E-state index contributed by atoms with van der Waals surface area (Å²) in [6.07, 6.45) is 2.93. The molecule has 2 heterocycles. The average molecular weight is 316 g/mol. The Morgan fingerprint density at radius 3 is 2.83 bits per heavy atom. The average Bonchev–Trinajstić information content (AvgIpc) is 3.03. The summed E-state index contributed by atoms with van der Waals surface area (Å²) in [4.78, 5) is 20.4. The minimum absolute atomic E-state index is 0.193. The number of hydrogen-bond acceptors (Lipinski definition) is 7. The van der Waals surface area contributed by atoms with Gasteiger partial charge in [-0.1, -0.05) is 0 Å². The van der Waals surface area contributed by atoms with Gasteiger partial charge in [0.15, 0.2) is 11.5 Å². The molecule has 0 saturated carbocycles. The molecule has 0 spiro atoms. The van der Waals surface area contributed by atoms with E-state index in [9.17, 15) is 4.79 Å². The van der Waals surface area contributed by atoms with Crippen molar-refractivity contribution in [3.63, 3.8) is 0 Å². The number of ether oxygens (including phenoxy) is 3. The van der Waals surface area contributed by atoms with Crippen LogP contribution < -0.4 is 20.1 Å². The van der Waals surface area contributed by atoms with Gasteiger partial charge in [-0.25, -0.2) is 9.97 Å². The number of rotatable bonds is 6. The lowest BCUT2D eigenvalue weighted by atomic mass is 10.2. The van der Waals surface area contributed by atoms with Gasteiger partial charge in [0.1, 0.15) is 0 Å². The maximum Gasteiger partial charge on any atom is 0.258 e. The molecule has 0 fully saturated rings. The topological polar surface area (TPSA) is 94.6 Å². The summed E-state index contributed by atoms with van der Waals surface area (Å²) in [5, 5.41) is 5.75. The van der Waals surface area contributed by atoms with E-state index in [1.807, 2.05) is 0 Å². The number of nitrogens with zero attached hydrogens (tertiary/aromatic N) is 2. The number of benzene rings is 1. The third kappa shape index (κ3) is 3.67. The molecule has 0 aliphatic carbocycles. The van der Waals surface area contributed by atoms with E-state index in [0.717, 1.165) is 0 Å². The molecule has 0 atom stereocenters. The Labute approximate surface area is 132 Å². The van der Waals surface area contributed by atoms with Gasteiger partial charge in [0.2, 0.25) is 12.7 Å². The lowest BCUT2D eigenvalue weighted by Gasteiger charge is -2.07. The Morgan fingerprint density at radius 2 is 2.04 bits per heavy atom. The minimum Gasteiger partial charge on any atom is -0.454 e. The molecule has 8 heteroatoms. The molecule has 1 amide bonds. The number of amides is 1. The number of carbonyl (C=O) groups is 1.